The summed E-state index contributed by atoms with van der Waals surface area (Å²) < 4.78 is 38.8. The Hall–Kier alpha value is -2.65. The highest BCUT2D eigenvalue weighted by Crippen LogP contribution is 2.35. The molecular weight excluding hydrogens is 436 g/mol. The molecule has 0 aliphatic rings. The van der Waals surface area contributed by atoms with Gasteiger partial charge in [-0.2, -0.15) is 4.99 Å². The van der Waals surface area contributed by atoms with Crippen molar-refractivity contribution in [1.29, 1.82) is 0 Å². The third-order valence-electron chi connectivity index (χ3n) is 4.82. The number of carbonyl (C=O) groups is 1. The summed E-state index contributed by atoms with van der Waals surface area (Å²) in [5.41, 5.74) is 1.79. The molecule has 1 aromatic heterocycles. The number of nitrogens with zero attached hydrogens (tertiary/aromatic N) is 2. The molecule has 7 nitrogen and oxygen atoms in total. The molecule has 2 aromatic carbocycles. The molecule has 0 unspecified atom stereocenters. The third-order valence-corrected chi connectivity index (χ3v) is 7.65. The van der Waals surface area contributed by atoms with Gasteiger partial charge >= 0.3 is 0 Å². The monoisotopic (exact) mass is 462 g/mol. The van der Waals surface area contributed by atoms with Crippen LogP contribution in [-0.4, -0.2) is 38.9 Å². The number of aryl methyl sites for hydroxylation is 2. The first-order valence-electron chi connectivity index (χ1n) is 9.92. The van der Waals surface area contributed by atoms with Crippen LogP contribution in [-0.2, 0) is 21.2 Å². The fourth-order valence-corrected chi connectivity index (χ4v) is 5.63. The van der Waals surface area contributed by atoms with Crippen molar-refractivity contribution in [1.82, 2.24) is 4.57 Å². The maximum absolute atomic E-state index is 12.6. The molecule has 9 heteroatoms. The number of thiazole rings is 1. The first-order chi connectivity index (χ1) is 14.8. The van der Waals surface area contributed by atoms with E-state index in [-0.39, 0.29) is 17.1 Å². The molecule has 0 N–H and O–H groups in total. The van der Waals surface area contributed by atoms with Crippen LogP contribution in [0.2, 0.25) is 0 Å². The summed E-state index contributed by atoms with van der Waals surface area (Å²) in [7, 11) is -0.378. The average Bonchev–Trinajstić information content (AvgIpc) is 3.10. The van der Waals surface area contributed by atoms with E-state index in [1.807, 2.05) is 30.5 Å². The highest BCUT2D eigenvalue weighted by Gasteiger charge is 2.18. The van der Waals surface area contributed by atoms with Gasteiger partial charge in [0, 0.05) is 13.0 Å². The minimum Gasteiger partial charge on any atom is -0.495 e. The number of aromatic nitrogens is 1. The van der Waals surface area contributed by atoms with Crippen molar-refractivity contribution in [3.8, 4) is 11.5 Å². The number of hydrogen-bond donors (Lipinski definition) is 0. The Morgan fingerprint density at radius 1 is 1.06 bits per heavy atom. The molecule has 0 aliphatic heterocycles. The SMILES string of the molecule is CCCn1c(=NC(=O)CCS(=O)(=O)c2ccc(C)cc2)sc2c(OC)ccc(OC)c21. The van der Waals surface area contributed by atoms with E-state index in [0.717, 1.165) is 22.2 Å². The van der Waals surface area contributed by atoms with Crippen LogP contribution in [0.4, 0.5) is 0 Å². The Morgan fingerprint density at radius 2 is 1.71 bits per heavy atom. The lowest BCUT2D eigenvalue weighted by Crippen LogP contribution is -2.18. The van der Waals surface area contributed by atoms with Crippen LogP contribution in [0.15, 0.2) is 46.3 Å². The molecule has 0 spiro atoms. The summed E-state index contributed by atoms with van der Waals surface area (Å²) in [6.07, 6.45) is 0.639. The molecule has 166 valence electrons. The Morgan fingerprint density at radius 3 is 2.32 bits per heavy atom. The minimum atomic E-state index is -3.55. The number of sulfone groups is 1. The molecule has 0 bridgehead atoms. The second-order valence-electron chi connectivity index (χ2n) is 7.07. The van der Waals surface area contributed by atoms with Crippen LogP contribution in [0, 0.1) is 6.92 Å². The van der Waals surface area contributed by atoms with Gasteiger partial charge in [0.15, 0.2) is 14.6 Å². The zero-order valence-corrected chi connectivity index (χ0v) is 19.7. The summed E-state index contributed by atoms with van der Waals surface area (Å²) in [5, 5.41) is 0. The summed E-state index contributed by atoms with van der Waals surface area (Å²) in [5.74, 6) is 0.562. The molecular formula is C22H26N2O5S2. The molecule has 3 rings (SSSR count). The first kappa shape index (κ1) is 23.0. The normalized spacial score (nSPS) is 12.3. The van der Waals surface area contributed by atoms with E-state index in [1.165, 1.54) is 11.3 Å². The van der Waals surface area contributed by atoms with Gasteiger partial charge in [-0.1, -0.05) is 36.0 Å². The lowest BCUT2D eigenvalue weighted by Gasteiger charge is -2.09. The van der Waals surface area contributed by atoms with Gasteiger partial charge in [0.25, 0.3) is 0 Å². The van der Waals surface area contributed by atoms with Crippen molar-refractivity contribution in [3.63, 3.8) is 0 Å². The van der Waals surface area contributed by atoms with Crippen molar-refractivity contribution < 1.29 is 22.7 Å². The lowest BCUT2D eigenvalue weighted by molar-refractivity contribution is -0.117. The van der Waals surface area contributed by atoms with Crippen LogP contribution in [0.25, 0.3) is 10.2 Å². The standard InChI is InChI=1S/C22H26N2O5S2/c1-5-13-24-20-17(28-3)10-11-18(29-4)21(20)30-22(24)23-19(25)12-14-31(26,27)16-8-6-15(2)7-9-16/h6-11H,5,12-14H2,1-4H3. The molecule has 0 radical (unpaired) electrons. The van der Waals surface area contributed by atoms with E-state index in [2.05, 4.69) is 4.99 Å². The second-order valence-corrected chi connectivity index (χ2v) is 10.2. The van der Waals surface area contributed by atoms with Gasteiger partial charge in [-0.25, -0.2) is 8.42 Å². The van der Waals surface area contributed by atoms with Gasteiger partial charge in [-0.05, 0) is 37.6 Å². The molecule has 0 fully saturated rings. The Bertz CT molecular complexity index is 1260. The highest BCUT2D eigenvalue weighted by atomic mass is 32.2. The Labute approximate surface area is 185 Å². The molecule has 0 saturated carbocycles. The first-order valence-corrected chi connectivity index (χ1v) is 12.4. The van der Waals surface area contributed by atoms with Gasteiger partial charge in [-0.15, -0.1) is 0 Å². The van der Waals surface area contributed by atoms with Crippen LogP contribution in [0.3, 0.4) is 0 Å². The van der Waals surface area contributed by atoms with Crippen molar-refractivity contribution >= 4 is 37.3 Å². The zero-order chi connectivity index (χ0) is 22.6. The summed E-state index contributed by atoms with van der Waals surface area (Å²) in [4.78, 5) is 17.5. The number of hydrogen-bond acceptors (Lipinski definition) is 6. The van der Waals surface area contributed by atoms with E-state index in [4.69, 9.17) is 9.47 Å². The average molecular weight is 463 g/mol. The number of amides is 1. The van der Waals surface area contributed by atoms with Crippen molar-refractivity contribution in [2.24, 2.45) is 4.99 Å². The maximum Gasteiger partial charge on any atom is 0.249 e. The van der Waals surface area contributed by atoms with E-state index in [0.29, 0.717) is 22.8 Å². The molecule has 0 atom stereocenters. The van der Waals surface area contributed by atoms with Gasteiger partial charge < -0.3 is 14.0 Å². The number of benzene rings is 2. The van der Waals surface area contributed by atoms with Crippen LogP contribution >= 0.6 is 11.3 Å². The van der Waals surface area contributed by atoms with Crippen LogP contribution < -0.4 is 14.3 Å². The molecule has 1 heterocycles. The number of ether oxygens (including phenoxy) is 2. The van der Waals surface area contributed by atoms with Gasteiger partial charge in [0.2, 0.25) is 5.91 Å². The summed E-state index contributed by atoms with van der Waals surface area (Å²) >= 11 is 1.33. The predicted octanol–water partition coefficient (Wildman–Crippen LogP) is 3.73. The highest BCUT2D eigenvalue weighted by molar-refractivity contribution is 7.91. The minimum absolute atomic E-state index is 0.190. The predicted molar refractivity (Wildman–Crippen MR) is 122 cm³/mol. The summed E-state index contributed by atoms with van der Waals surface area (Å²) in [6.45, 7) is 4.56. The van der Waals surface area contributed by atoms with Crippen LogP contribution in [0.1, 0.15) is 25.3 Å². The molecule has 0 saturated heterocycles. The molecule has 3 aromatic rings. The second kappa shape index (κ2) is 9.65. The van der Waals surface area contributed by atoms with Crippen molar-refractivity contribution in [2.45, 2.75) is 38.1 Å². The lowest BCUT2D eigenvalue weighted by atomic mass is 10.2. The van der Waals surface area contributed by atoms with E-state index < -0.39 is 15.7 Å². The summed E-state index contributed by atoms with van der Waals surface area (Å²) in [6, 6.07) is 10.2. The Balaban J connectivity index is 1.95. The van der Waals surface area contributed by atoms with Crippen molar-refractivity contribution in [3.05, 3.63) is 46.8 Å². The fraction of sp³-hybridized carbons (Fsp3) is 0.364. The topological polar surface area (TPSA) is 87.0 Å². The quantitative estimate of drug-likeness (QED) is 0.509. The largest absolute Gasteiger partial charge is 0.495 e. The van der Waals surface area contributed by atoms with Gasteiger partial charge in [0.05, 0.1) is 24.9 Å². The fourth-order valence-electron chi connectivity index (χ4n) is 3.22. The van der Waals surface area contributed by atoms with Gasteiger partial charge in [0.1, 0.15) is 21.7 Å². The number of methoxy groups -OCH3 is 2. The zero-order valence-electron chi connectivity index (χ0n) is 18.0. The van der Waals surface area contributed by atoms with E-state index in [1.54, 1.807) is 38.5 Å². The van der Waals surface area contributed by atoms with E-state index >= 15 is 0 Å². The smallest absolute Gasteiger partial charge is 0.249 e. The van der Waals surface area contributed by atoms with Crippen molar-refractivity contribution in [2.75, 3.05) is 20.0 Å². The number of fused-ring (bicyclic) bond motifs is 1. The molecule has 1 amide bonds. The molecule has 0 aliphatic carbocycles. The maximum atomic E-state index is 12.6. The van der Waals surface area contributed by atoms with Crippen LogP contribution in [0.5, 0.6) is 11.5 Å². The van der Waals surface area contributed by atoms with Gasteiger partial charge in [-0.3, -0.25) is 4.79 Å². The number of rotatable bonds is 8. The number of carbonyl (C=O) groups excluding carboxylic acids is 1. The molecule has 31 heavy (non-hydrogen) atoms. The third kappa shape index (κ3) is 4.99. The van der Waals surface area contributed by atoms with E-state index in [9.17, 15) is 13.2 Å². The Kier molecular flexibility index (Phi) is 7.17.